The van der Waals surface area contributed by atoms with Crippen LogP contribution in [0, 0.1) is 0 Å². The Kier molecular flexibility index (Phi) is 50.5. The first-order valence-corrected chi connectivity index (χ1v) is 27.0. The zero-order valence-corrected chi connectivity index (χ0v) is 42.7. The third-order valence-electron chi connectivity index (χ3n) is 11.1. The molecule has 0 aliphatic carbocycles. The van der Waals surface area contributed by atoms with E-state index < -0.39 is 6.10 Å². The van der Waals surface area contributed by atoms with Gasteiger partial charge in [-0.2, -0.15) is 0 Å². The predicted octanol–water partition coefficient (Wildman–Crippen LogP) is 17.9. The second-order valence-corrected chi connectivity index (χ2v) is 17.5. The number of allylic oxidation sites excluding steroid dienone is 18. The van der Waals surface area contributed by atoms with E-state index in [9.17, 15) is 14.4 Å². The summed E-state index contributed by atoms with van der Waals surface area (Å²) in [5.74, 6) is -1.01. The third-order valence-corrected chi connectivity index (χ3v) is 11.1. The van der Waals surface area contributed by atoms with Gasteiger partial charge in [0, 0.05) is 19.3 Å². The standard InChI is InChI=1S/C60H98O6/c1-4-7-10-13-16-19-22-25-27-29-31-32-35-38-41-44-47-50-53-59(62)65-56-57(55-64-58(61)52-49-46-43-40-37-34-24-21-18-15-12-9-6-3)66-60(63)54-51-48-45-42-39-36-33-30-28-26-23-20-17-14-11-8-5-2/h9,12,15,18,21-22,24-29,31-33,36,42,45,57H,4-8,10-11,13-14,16-17,19-20,23,30,34-35,37-41,43-44,46-56H2,1-3H3/b12-9+,18-15+,24-21+,25-22+,28-26+,29-27+,32-31+,36-33+,45-42+. The number of rotatable bonds is 47. The first-order chi connectivity index (χ1) is 32.5. The van der Waals surface area contributed by atoms with Crippen LogP contribution in [-0.2, 0) is 28.6 Å². The van der Waals surface area contributed by atoms with Crippen LogP contribution < -0.4 is 0 Å². The van der Waals surface area contributed by atoms with Gasteiger partial charge in [-0.3, -0.25) is 14.4 Å². The zero-order chi connectivity index (χ0) is 47.9. The Morgan fingerprint density at radius 2 is 0.667 bits per heavy atom. The summed E-state index contributed by atoms with van der Waals surface area (Å²) in [6.07, 6.45) is 72.2. The molecule has 6 nitrogen and oxygen atoms in total. The lowest BCUT2D eigenvalue weighted by Crippen LogP contribution is -2.30. The van der Waals surface area contributed by atoms with Crippen molar-refractivity contribution in [1.29, 1.82) is 0 Å². The first kappa shape index (κ1) is 62.1. The van der Waals surface area contributed by atoms with E-state index in [2.05, 4.69) is 130 Å². The molecule has 1 unspecified atom stereocenters. The van der Waals surface area contributed by atoms with Gasteiger partial charge in [-0.15, -0.1) is 0 Å². The number of hydrogen-bond acceptors (Lipinski definition) is 6. The van der Waals surface area contributed by atoms with Crippen molar-refractivity contribution in [3.05, 3.63) is 109 Å². The highest BCUT2D eigenvalue weighted by atomic mass is 16.6. The summed E-state index contributed by atoms with van der Waals surface area (Å²) in [5.41, 5.74) is 0. The van der Waals surface area contributed by atoms with Crippen LogP contribution in [0.4, 0.5) is 0 Å². The molecule has 66 heavy (non-hydrogen) atoms. The summed E-state index contributed by atoms with van der Waals surface area (Å²) in [6, 6.07) is 0. The van der Waals surface area contributed by atoms with Crippen LogP contribution in [0.15, 0.2) is 109 Å². The van der Waals surface area contributed by atoms with Crippen molar-refractivity contribution in [2.45, 2.75) is 239 Å². The van der Waals surface area contributed by atoms with E-state index in [1.165, 1.54) is 77.0 Å². The zero-order valence-electron chi connectivity index (χ0n) is 42.7. The highest BCUT2D eigenvalue weighted by Gasteiger charge is 2.19. The molecule has 0 heterocycles. The van der Waals surface area contributed by atoms with Crippen LogP contribution in [0.5, 0.6) is 0 Å². The SMILES string of the molecule is CC/C=C/C=C/C=C/CCCCCCCC(=O)OCC(COC(=O)CCCCCCC/C=C/C=C/C=C/CCCCCCC)OC(=O)CCC/C=C/C/C=C/C/C=C/CCCCCCCC. The lowest BCUT2D eigenvalue weighted by atomic mass is 10.1. The molecular weight excluding hydrogens is 817 g/mol. The lowest BCUT2D eigenvalue weighted by Gasteiger charge is -2.18. The maximum atomic E-state index is 12.8. The molecule has 0 spiro atoms. The Hall–Kier alpha value is -3.93. The van der Waals surface area contributed by atoms with Crippen molar-refractivity contribution >= 4 is 17.9 Å². The summed E-state index contributed by atoms with van der Waals surface area (Å²) in [4.78, 5) is 38.0. The number of carbonyl (C=O) groups is 3. The van der Waals surface area contributed by atoms with Gasteiger partial charge in [-0.05, 0) is 96.3 Å². The van der Waals surface area contributed by atoms with Gasteiger partial charge in [0.05, 0.1) is 0 Å². The molecule has 0 fully saturated rings. The molecule has 6 heteroatoms. The van der Waals surface area contributed by atoms with Crippen molar-refractivity contribution in [2.75, 3.05) is 13.2 Å². The van der Waals surface area contributed by atoms with Gasteiger partial charge in [0.25, 0.3) is 0 Å². The predicted molar refractivity (Wildman–Crippen MR) is 283 cm³/mol. The number of esters is 3. The van der Waals surface area contributed by atoms with Gasteiger partial charge < -0.3 is 14.2 Å². The molecule has 0 aromatic rings. The van der Waals surface area contributed by atoms with E-state index in [-0.39, 0.29) is 37.5 Å². The highest BCUT2D eigenvalue weighted by molar-refractivity contribution is 5.71. The molecule has 0 rings (SSSR count). The van der Waals surface area contributed by atoms with Gasteiger partial charge in [-0.1, -0.05) is 226 Å². The van der Waals surface area contributed by atoms with E-state index in [1.54, 1.807) is 0 Å². The van der Waals surface area contributed by atoms with Crippen molar-refractivity contribution in [3.8, 4) is 0 Å². The molecule has 0 saturated heterocycles. The fourth-order valence-electron chi connectivity index (χ4n) is 7.05. The van der Waals surface area contributed by atoms with Crippen LogP contribution in [0.3, 0.4) is 0 Å². The van der Waals surface area contributed by atoms with Gasteiger partial charge in [0.1, 0.15) is 13.2 Å². The number of ether oxygens (including phenoxy) is 3. The number of carbonyl (C=O) groups excluding carboxylic acids is 3. The van der Waals surface area contributed by atoms with Crippen LogP contribution >= 0.6 is 0 Å². The molecule has 0 radical (unpaired) electrons. The lowest BCUT2D eigenvalue weighted by molar-refractivity contribution is -0.167. The van der Waals surface area contributed by atoms with E-state index in [1.807, 2.05) is 0 Å². The Bertz CT molecular complexity index is 1370. The molecule has 0 bridgehead atoms. The van der Waals surface area contributed by atoms with Crippen molar-refractivity contribution in [3.63, 3.8) is 0 Å². The maximum Gasteiger partial charge on any atom is 0.306 e. The number of hydrogen-bond donors (Lipinski definition) is 0. The van der Waals surface area contributed by atoms with Crippen molar-refractivity contribution in [2.24, 2.45) is 0 Å². The molecular formula is C60H98O6. The van der Waals surface area contributed by atoms with Crippen molar-refractivity contribution < 1.29 is 28.6 Å². The third kappa shape index (κ3) is 51.1. The largest absolute Gasteiger partial charge is 0.462 e. The average Bonchev–Trinajstić information content (AvgIpc) is 3.31. The Morgan fingerprint density at radius 3 is 1.09 bits per heavy atom. The molecule has 0 N–H and O–H groups in total. The minimum absolute atomic E-state index is 0.117. The Balaban J connectivity index is 4.54. The van der Waals surface area contributed by atoms with Crippen LogP contribution in [0.1, 0.15) is 233 Å². The van der Waals surface area contributed by atoms with E-state index >= 15 is 0 Å². The minimum Gasteiger partial charge on any atom is -0.462 e. The van der Waals surface area contributed by atoms with E-state index in [0.29, 0.717) is 19.3 Å². The molecule has 1 atom stereocenters. The summed E-state index contributed by atoms with van der Waals surface area (Å²) in [6.45, 7) is 6.40. The molecule has 0 amide bonds. The molecule has 0 aromatic carbocycles. The average molecular weight is 915 g/mol. The molecule has 0 aromatic heterocycles. The molecule has 374 valence electrons. The highest BCUT2D eigenvalue weighted by Crippen LogP contribution is 2.13. The summed E-state index contributed by atoms with van der Waals surface area (Å²) < 4.78 is 16.7. The van der Waals surface area contributed by atoms with E-state index in [4.69, 9.17) is 14.2 Å². The quantitative estimate of drug-likeness (QED) is 0.0199. The number of unbranched alkanes of at least 4 members (excludes halogenated alkanes) is 22. The van der Waals surface area contributed by atoms with Crippen LogP contribution in [0.2, 0.25) is 0 Å². The molecule has 0 aliphatic heterocycles. The Morgan fingerprint density at radius 1 is 0.333 bits per heavy atom. The fraction of sp³-hybridized carbons (Fsp3) is 0.650. The second kappa shape index (κ2) is 53.7. The fourth-order valence-corrected chi connectivity index (χ4v) is 7.05. The maximum absolute atomic E-state index is 12.8. The summed E-state index contributed by atoms with van der Waals surface area (Å²) in [7, 11) is 0. The van der Waals surface area contributed by atoms with Gasteiger partial charge in [0.2, 0.25) is 0 Å². The van der Waals surface area contributed by atoms with Crippen LogP contribution in [0.25, 0.3) is 0 Å². The van der Waals surface area contributed by atoms with Gasteiger partial charge in [0.15, 0.2) is 6.10 Å². The Labute approximate surface area is 406 Å². The molecule has 0 saturated carbocycles. The monoisotopic (exact) mass is 915 g/mol. The van der Waals surface area contributed by atoms with Gasteiger partial charge >= 0.3 is 17.9 Å². The summed E-state index contributed by atoms with van der Waals surface area (Å²) in [5, 5.41) is 0. The smallest absolute Gasteiger partial charge is 0.306 e. The minimum atomic E-state index is -0.823. The normalized spacial score (nSPS) is 13.0. The molecule has 0 aliphatic rings. The second-order valence-electron chi connectivity index (χ2n) is 17.5. The van der Waals surface area contributed by atoms with Crippen LogP contribution in [-0.4, -0.2) is 37.2 Å². The van der Waals surface area contributed by atoms with Crippen molar-refractivity contribution in [1.82, 2.24) is 0 Å². The summed E-state index contributed by atoms with van der Waals surface area (Å²) >= 11 is 0. The van der Waals surface area contributed by atoms with E-state index in [0.717, 1.165) is 109 Å². The van der Waals surface area contributed by atoms with Gasteiger partial charge in [-0.25, -0.2) is 0 Å². The topological polar surface area (TPSA) is 78.9 Å². The first-order valence-electron chi connectivity index (χ1n) is 27.0.